The molecule has 0 N–H and O–H groups in total. The molecule has 0 aliphatic rings. The van der Waals surface area contributed by atoms with Crippen LogP contribution in [0.2, 0.25) is 19.6 Å². The number of carbonyl (C=O) groups excluding carboxylic acids is 1. The van der Waals surface area contributed by atoms with Crippen LogP contribution in [-0.2, 0) is 0 Å². The minimum atomic E-state index is -1.64. The average molecular weight is 357 g/mol. The van der Waals surface area contributed by atoms with Gasteiger partial charge in [0.15, 0.2) is 5.78 Å². The van der Waals surface area contributed by atoms with E-state index in [-0.39, 0.29) is 10.2 Å². The van der Waals surface area contributed by atoms with E-state index >= 15 is 0 Å². The summed E-state index contributed by atoms with van der Waals surface area (Å²) in [6.45, 7) is 11.7. The van der Waals surface area contributed by atoms with Crippen molar-refractivity contribution in [3.05, 3.63) is 66.2 Å². The van der Waals surface area contributed by atoms with Crippen molar-refractivity contribution >= 4 is 25.6 Å². The van der Waals surface area contributed by atoms with Crippen LogP contribution in [-0.4, -0.2) is 18.2 Å². The highest BCUT2D eigenvalue weighted by Gasteiger charge is 2.48. The van der Waals surface area contributed by atoms with Crippen LogP contribution in [0.5, 0.6) is 0 Å². The molecule has 2 rings (SSSR count). The summed E-state index contributed by atoms with van der Waals surface area (Å²) in [6, 6.07) is 20.3. The Morgan fingerprint density at radius 3 is 1.92 bits per heavy atom. The van der Waals surface area contributed by atoms with Crippen LogP contribution in [0.4, 0.5) is 0 Å². The van der Waals surface area contributed by atoms with E-state index in [4.69, 9.17) is 0 Å². The number of benzene rings is 2. The van der Waals surface area contributed by atoms with Crippen molar-refractivity contribution in [2.75, 3.05) is 0 Å². The van der Waals surface area contributed by atoms with Crippen molar-refractivity contribution in [2.24, 2.45) is 5.92 Å². The highest BCUT2D eigenvalue weighted by atomic mass is 32.2. The number of thioether (sulfide) groups is 1. The topological polar surface area (TPSA) is 17.1 Å². The van der Waals surface area contributed by atoms with Crippen LogP contribution in [0, 0.1) is 5.92 Å². The lowest BCUT2D eigenvalue weighted by Crippen LogP contribution is -2.54. The highest BCUT2D eigenvalue weighted by Crippen LogP contribution is 2.48. The molecule has 0 radical (unpaired) electrons. The van der Waals surface area contributed by atoms with Gasteiger partial charge in [-0.05, 0) is 18.1 Å². The number of hydrogen-bond donors (Lipinski definition) is 0. The van der Waals surface area contributed by atoms with Crippen molar-refractivity contribution < 1.29 is 4.79 Å². The fourth-order valence-electron chi connectivity index (χ4n) is 3.31. The maximum absolute atomic E-state index is 13.0. The van der Waals surface area contributed by atoms with Crippen LogP contribution < -0.4 is 0 Å². The molecule has 2 aromatic carbocycles. The first-order valence-electron chi connectivity index (χ1n) is 8.58. The molecule has 1 atom stereocenters. The molecular weight excluding hydrogens is 328 g/mol. The van der Waals surface area contributed by atoms with Gasteiger partial charge in [0, 0.05) is 21.3 Å². The monoisotopic (exact) mass is 356 g/mol. The Labute approximate surface area is 151 Å². The summed E-state index contributed by atoms with van der Waals surface area (Å²) < 4.78 is -0.0265. The standard InChI is InChI=1S/C21H28OSSi/c1-17(2)21(24(3,4)5,23-19-14-10-7-11-15-19)16-20(22)18-12-8-6-9-13-18/h6-15,17H,16H2,1-5H3. The third kappa shape index (κ3) is 4.20. The summed E-state index contributed by atoms with van der Waals surface area (Å²) in [7, 11) is -1.64. The first kappa shape index (κ1) is 19.0. The summed E-state index contributed by atoms with van der Waals surface area (Å²) in [6.07, 6.45) is 0.601. The SMILES string of the molecule is CC(C)C(CC(=O)c1ccccc1)(Sc1ccccc1)[Si](C)(C)C. The molecular formula is C21H28OSSi. The Kier molecular flexibility index (Phi) is 6.10. The molecule has 1 nitrogen and oxygen atoms in total. The molecule has 0 amide bonds. The largest absolute Gasteiger partial charge is 0.294 e. The normalized spacial score (nSPS) is 14.4. The van der Waals surface area contributed by atoms with Crippen molar-refractivity contribution in [3.63, 3.8) is 0 Å². The Hall–Kier alpha value is -1.32. The lowest BCUT2D eigenvalue weighted by molar-refractivity contribution is 0.0971. The molecule has 0 aromatic heterocycles. The molecule has 128 valence electrons. The second-order valence-electron chi connectivity index (χ2n) is 7.68. The van der Waals surface area contributed by atoms with Gasteiger partial charge in [-0.1, -0.05) is 82.0 Å². The van der Waals surface area contributed by atoms with Crippen molar-refractivity contribution in [1.82, 2.24) is 0 Å². The molecule has 1 unspecified atom stereocenters. The fraction of sp³-hybridized carbons (Fsp3) is 0.381. The summed E-state index contributed by atoms with van der Waals surface area (Å²) in [5.74, 6) is 0.692. The van der Waals surface area contributed by atoms with Gasteiger partial charge in [0.25, 0.3) is 0 Å². The average Bonchev–Trinajstić information content (AvgIpc) is 2.54. The number of hydrogen-bond acceptors (Lipinski definition) is 2. The molecule has 0 aliphatic heterocycles. The van der Waals surface area contributed by atoms with Gasteiger partial charge in [0.05, 0.1) is 8.07 Å². The molecule has 0 aliphatic carbocycles. The van der Waals surface area contributed by atoms with E-state index in [2.05, 4.69) is 57.8 Å². The molecule has 2 aromatic rings. The molecule has 0 spiro atoms. The van der Waals surface area contributed by atoms with E-state index in [0.29, 0.717) is 12.3 Å². The van der Waals surface area contributed by atoms with Gasteiger partial charge in [-0.25, -0.2) is 0 Å². The van der Waals surface area contributed by atoms with E-state index in [0.717, 1.165) is 5.56 Å². The van der Waals surface area contributed by atoms with Crippen molar-refractivity contribution in [1.29, 1.82) is 0 Å². The van der Waals surface area contributed by atoms with Crippen molar-refractivity contribution in [2.45, 2.75) is 49.2 Å². The lowest BCUT2D eigenvalue weighted by Gasteiger charge is -2.46. The predicted molar refractivity (Wildman–Crippen MR) is 109 cm³/mol. The number of carbonyl (C=O) groups is 1. The van der Waals surface area contributed by atoms with Gasteiger partial charge >= 0.3 is 0 Å². The maximum atomic E-state index is 13.0. The highest BCUT2D eigenvalue weighted by molar-refractivity contribution is 8.02. The first-order valence-corrected chi connectivity index (χ1v) is 12.9. The number of Topliss-reactive ketones (excluding diaryl/α,β-unsaturated/α-hetero) is 1. The summed E-state index contributed by atoms with van der Waals surface area (Å²) >= 11 is 1.92. The third-order valence-corrected chi connectivity index (χ3v) is 11.7. The first-order chi connectivity index (χ1) is 11.3. The number of rotatable bonds is 7. The quantitative estimate of drug-likeness (QED) is 0.328. The van der Waals surface area contributed by atoms with Gasteiger partial charge in [-0.15, -0.1) is 11.8 Å². The molecule has 3 heteroatoms. The predicted octanol–water partition coefficient (Wildman–Crippen LogP) is 6.32. The van der Waals surface area contributed by atoms with E-state index < -0.39 is 8.07 Å². The lowest BCUT2D eigenvalue weighted by atomic mass is 10.00. The van der Waals surface area contributed by atoms with Crippen LogP contribution in [0.1, 0.15) is 30.6 Å². The second-order valence-corrected chi connectivity index (χ2v) is 14.8. The van der Waals surface area contributed by atoms with Gasteiger partial charge in [-0.2, -0.15) is 0 Å². The van der Waals surface area contributed by atoms with E-state index in [1.807, 2.05) is 48.2 Å². The second kappa shape index (κ2) is 7.71. The van der Waals surface area contributed by atoms with Crippen LogP contribution in [0.3, 0.4) is 0 Å². The van der Waals surface area contributed by atoms with E-state index in [1.54, 1.807) is 0 Å². The zero-order chi connectivity index (χ0) is 17.8. The Morgan fingerprint density at radius 2 is 1.46 bits per heavy atom. The molecule has 0 saturated heterocycles. The third-order valence-electron chi connectivity index (χ3n) is 4.76. The summed E-state index contributed by atoms with van der Waals surface area (Å²) in [4.78, 5) is 14.3. The Balaban J connectivity index is 2.40. The zero-order valence-corrected chi connectivity index (χ0v) is 17.2. The minimum absolute atomic E-state index is 0.0265. The van der Waals surface area contributed by atoms with Gasteiger partial charge < -0.3 is 0 Å². The zero-order valence-electron chi connectivity index (χ0n) is 15.4. The Morgan fingerprint density at radius 1 is 0.958 bits per heavy atom. The minimum Gasteiger partial charge on any atom is -0.294 e. The van der Waals surface area contributed by atoms with Crippen LogP contribution in [0.15, 0.2) is 65.6 Å². The van der Waals surface area contributed by atoms with Crippen molar-refractivity contribution in [3.8, 4) is 0 Å². The summed E-state index contributed by atoms with van der Waals surface area (Å²) in [5.41, 5.74) is 0.828. The van der Waals surface area contributed by atoms with Crippen LogP contribution >= 0.6 is 11.8 Å². The van der Waals surface area contributed by atoms with Crippen LogP contribution in [0.25, 0.3) is 0 Å². The van der Waals surface area contributed by atoms with Gasteiger partial charge in [-0.3, -0.25) is 4.79 Å². The van der Waals surface area contributed by atoms with E-state index in [1.165, 1.54) is 4.90 Å². The fourth-order valence-corrected chi connectivity index (χ4v) is 8.46. The smallest absolute Gasteiger partial charge is 0.163 e. The molecule has 0 fully saturated rings. The van der Waals surface area contributed by atoms with Gasteiger partial charge in [0.2, 0.25) is 0 Å². The molecule has 0 heterocycles. The van der Waals surface area contributed by atoms with E-state index in [9.17, 15) is 4.79 Å². The number of ketones is 1. The molecule has 0 bridgehead atoms. The Bertz CT molecular complexity index is 661. The molecule has 0 saturated carbocycles. The molecule has 24 heavy (non-hydrogen) atoms. The maximum Gasteiger partial charge on any atom is 0.163 e. The summed E-state index contributed by atoms with van der Waals surface area (Å²) in [5, 5.41) is 0. The van der Waals surface area contributed by atoms with Gasteiger partial charge in [0.1, 0.15) is 0 Å².